The summed E-state index contributed by atoms with van der Waals surface area (Å²) in [5.41, 5.74) is -9.25. The topological polar surface area (TPSA) is 44.2 Å². The zero-order valence-corrected chi connectivity index (χ0v) is 34.2. The lowest BCUT2D eigenvalue weighted by Gasteiger charge is -2.38. The van der Waals surface area contributed by atoms with Crippen LogP contribution in [-0.4, -0.2) is 70.2 Å². The highest BCUT2D eigenvalue weighted by molar-refractivity contribution is 7.19. The lowest BCUT2D eigenvalue weighted by molar-refractivity contribution is -0.458. The summed E-state index contributed by atoms with van der Waals surface area (Å²) in [6.45, 7) is 1.88. The third-order valence-electron chi connectivity index (χ3n) is 9.41. The van der Waals surface area contributed by atoms with Gasteiger partial charge in [-0.05, 0) is 66.3 Å². The largest absolute Gasteiger partial charge is 0.435 e. The summed E-state index contributed by atoms with van der Waals surface area (Å²) in [6.07, 6.45) is -38.9. The first kappa shape index (κ1) is 50.5. The van der Waals surface area contributed by atoms with Gasteiger partial charge in [0.15, 0.2) is 0 Å². The first-order valence-corrected chi connectivity index (χ1v) is 20.0. The maximum Gasteiger partial charge on any atom is 0.435 e. The first-order chi connectivity index (χ1) is 29.4. The van der Waals surface area contributed by atoms with E-state index >= 15 is 0 Å². The molecule has 0 aliphatic heterocycles. The van der Waals surface area contributed by atoms with Gasteiger partial charge in [0.2, 0.25) is 0 Å². The summed E-state index contributed by atoms with van der Waals surface area (Å²) >= 11 is 3.47. The number of fused-ring (bicyclic) bond motifs is 1. The quantitative estimate of drug-likeness (QED) is 0.0821. The van der Waals surface area contributed by atoms with Crippen LogP contribution in [0.3, 0.4) is 0 Å². The minimum atomic E-state index is -6.86. The molecule has 0 aliphatic carbocycles. The second-order valence-electron chi connectivity index (χ2n) is 13.5. The summed E-state index contributed by atoms with van der Waals surface area (Å²) in [7, 11) is 0. The van der Waals surface area contributed by atoms with Crippen LogP contribution in [0.5, 0.6) is 0 Å². The van der Waals surface area contributed by atoms with Crippen LogP contribution in [0.15, 0.2) is 91.0 Å². The van der Waals surface area contributed by atoms with Gasteiger partial charge in [0, 0.05) is 30.6 Å². The number of hydrogen-bond acceptors (Lipinski definition) is 7. The van der Waals surface area contributed by atoms with Crippen molar-refractivity contribution >= 4 is 51.0 Å². The molecule has 0 N–H and O–H groups in total. The number of rotatable bonds is 14. The first-order valence-electron chi connectivity index (χ1n) is 17.6. The Bertz CT molecular complexity index is 2410. The summed E-state index contributed by atoms with van der Waals surface area (Å²) in [5, 5.41) is 0. The van der Waals surface area contributed by atoms with Crippen LogP contribution in [0.2, 0.25) is 0 Å². The summed E-state index contributed by atoms with van der Waals surface area (Å²) in [5.74, 6) is 0. The third-order valence-corrected chi connectivity index (χ3v) is 12.4. The third kappa shape index (κ3) is 9.72. The molecular formula is C39H26F18N2O2S3. The maximum atomic E-state index is 13.2. The average molecular weight is 993 g/mol. The number of allylic oxidation sites excluding steroid dienone is 4. The van der Waals surface area contributed by atoms with E-state index in [0.29, 0.717) is 52.8 Å². The lowest BCUT2D eigenvalue weighted by atomic mass is 10.0. The van der Waals surface area contributed by atoms with E-state index in [2.05, 4.69) is 24.8 Å². The Balaban J connectivity index is 1.29. The molecule has 348 valence electrons. The van der Waals surface area contributed by atoms with E-state index in [9.17, 15) is 79.0 Å². The number of nitrogens with zero attached hydrogens (tertiary/aromatic N) is 2. The van der Waals surface area contributed by atoms with Crippen LogP contribution in [0.4, 0.5) is 79.0 Å². The van der Waals surface area contributed by atoms with Gasteiger partial charge in [-0.1, -0.05) is 61.2 Å². The molecule has 4 nitrogen and oxygen atoms in total. The Morgan fingerprint density at radius 2 is 0.984 bits per heavy atom. The van der Waals surface area contributed by atoms with Gasteiger partial charge in [0.1, 0.15) is 11.0 Å². The Morgan fingerprint density at radius 1 is 0.547 bits per heavy atom. The lowest BCUT2D eigenvalue weighted by Crippen LogP contribution is -2.67. The van der Waals surface area contributed by atoms with E-state index in [4.69, 9.17) is 0 Å². The fourth-order valence-corrected chi connectivity index (χ4v) is 8.72. The minimum absolute atomic E-state index is 0.0272. The molecular weight excluding hydrogens is 967 g/mol. The van der Waals surface area contributed by atoms with E-state index in [-0.39, 0.29) is 11.1 Å². The second-order valence-corrected chi connectivity index (χ2v) is 16.2. The molecule has 3 aromatic heterocycles. The standard InChI is InChI=1S/C39H26F18N2O2S3/c1-3-21(16-18-60-32(34(40,41)42,35(43,44)45)36(46,47)48)5-4-20(2)26-12-14-28(62-26)24-10-11-25(31-30(24)58-64-59-31)29-15-13-27(63-29)23-8-6-22(7-9-23)17-19-61-33(37(49,50)51,38(52,53)54)39(55,56)57/h3-15H,1,16-19H2,2H3/b20-4+,21-5+. The average Bonchev–Trinajstić information content (AvgIpc) is 3.95. The molecule has 64 heavy (non-hydrogen) atoms. The van der Waals surface area contributed by atoms with Gasteiger partial charge >= 0.3 is 48.3 Å². The van der Waals surface area contributed by atoms with E-state index in [1.807, 2.05) is 0 Å². The van der Waals surface area contributed by atoms with E-state index < -0.39 is 74.3 Å². The molecule has 3 heterocycles. The Labute approximate surface area is 361 Å². The second kappa shape index (κ2) is 18.1. The van der Waals surface area contributed by atoms with Crippen LogP contribution >= 0.6 is 34.4 Å². The van der Waals surface area contributed by atoms with Gasteiger partial charge in [-0.2, -0.15) is 87.8 Å². The molecule has 0 atom stereocenters. The summed E-state index contributed by atoms with van der Waals surface area (Å²) < 4.78 is 253. The fraction of sp³-hybridized carbons (Fsp3) is 0.333. The van der Waals surface area contributed by atoms with Gasteiger partial charge in [-0.15, -0.1) is 22.7 Å². The number of halogens is 18. The molecule has 0 spiro atoms. The highest BCUT2D eigenvalue weighted by atomic mass is 32.1. The predicted molar refractivity (Wildman–Crippen MR) is 203 cm³/mol. The molecule has 5 aromatic rings. The van der Waals surface area contributed by atoms with E-state index in [1.165, 1.54) is 59.1 Å². The molecule has 2 aromatic carbocycles. The van der Waals surface area contributed by atoms with Crippen molar-refractivity contribution < 1.29 is 88.5 Å². The molecule has 0 aliphatic rings. The van der Waals surface area contributed by atoms with Crippen LogP contribution in [0.25, 0.3) is 47.9 Å². The molecule has 0 fully saturated rings. The molecule has 0 amide bonds. The number of aromatic nitrogens is 2. The zero-order valence-electron chi connectivity index (χ0n) is 31.8. The predicted octanol–water partition coefficient (Wildman–Crippen LogP) is 15.1. The fourth-order valence-electron chi connectivity index (χ4n) is 6.10. The monoisotopic (exact) mass is 992 g/mol. The van der Waals surface area contributed by atoms with Crippen molar-refractivity contribution in [3.8, 4) is 31.3 Å². The van der Waals surface area contributed by atoms with Crippen molar-refractivity contribution in [2.45, 2.75) is 68.0 Å². The molecule has 0 saturated heterocycles. The summed E-state index contributed by atoms with van der Waals surface area (Å²) in [4.78, 5) is 2.72. The Hall–Kier alpha value is -4.46. The van der Waals surface area contributed by atoms with Gasteiger partial charge in [0.05, 0.1) is 24.9 Å². The molecule has 0 radical (unpaired) electrons. The minimum Gasteiger partial charge on any atom is -0.351 e. The van der Waals surface area contributed by atoms with Crippen molar-refractivity contribution in [3.05, 3.63) is 101 Å². The molecule has 0 unspecified atom stereocenters. The number of ether oxygens (including phenoxy) is 2. The molecule has 5 rings (SSSR count). The smallest absolute Gasteiger partial charge is 0.351 e. The van der Waals surface area contributed by atoms with Gasteiger partial charge in [0.25, 0.3) is 0 Å². The maximum absolute atomic E-state index is 13.2. The highest BCUT2D eigenvalue weighted by Gasteiger charge is 2.86. The van der Waals surface area contributed by atoms with Crippen LogP contribution in [0, 0.1) is 0 Å². The molecule has 0 saturated carbocycles. The van der Waals surface area contributed by atoms with Crippen molar-refractivity contribution in [2.24, 2.45) is 0 Å². The van der Waals surface area contributed by atoms with Gasteiger partial charge < -0.3 is 9.47 Å². The number of alkyl halides is 18. The molecule has 0 bridgehead atoms. The van der Waals surface area contributed by atoms with Crippen LogP contribution < -0.4 is 0 Å². The molecule has 25 heteroatoms. The SMILES string of the molecule is C=C/C(=C\C=C(/C)c1ccc(-c2ccc(-c3ccc(-c4ccc(CCOC(C(F)(F)F)(C(F)(F)F)C(F)(F)F)cc4)s3)c3nsnc23)s1)CCOC(C(F)(F)F)(C(F)(F)F)C(F)(F)F. The normalized spacial score (nSPS) is 14.5. The van der Waals surface area contributed by atoms with Crippen molar-refractivity contribution in [1.82, 2.24) is 8.75 Å². The Morgan fingerprint density at radius 3 is 1.45 bits per heavy atom. The number of benzene rings is 2. The van der Waals surface area contributed by atoms with Gasteiger partial charge in [-0.25, -0.2) is 0 Å². The number of hydrogen-bond donors (Lipinski definition) is 0. The summed E-state index contributed by atoms with van der Waals surface area (Å²) in [6, 6.07) is 16.1. The number of thiophene rings is 2. The van der Waals surface area contributed by atoms with E-state index in [1.54, 1.807) is 43.3 Å². The Kier molecular flexibility index (Phi) is 14.3. The van der Waals surface area contributed by atoms with Crippen molar-refractivity contribution in [1.29, 1.82) is 0 Å². The van der Waals surface area contributed by atoms with Crippen molar-refractivity contribution in [2.75, 3.05) is 13.2 Å². The highest BCUT2D eigenvalue weighted by Crippen LogP contribution is 2.56. The van der Waals surface area contributed by atoms with Crippen LogP contribution in [-0.2, 0) is 15.9 Å². The van der Waals surface area contributed by atoms with E-state index in [0.717, 1.165) is 17.8 Å². The van der Waals surface area contributed by atoms with Gasteiger partial charge in [-0.3, -0.25) is 0 Å². The zero-order chi connectivity index (χ0) is 47.9. The van der Waals surface area contributed by atoms with Crippen LogP contribution in [0.1, 0.15) is 23.8 Å². The van der Waals surface area contributed by atoms with Crippen molar-refractivity contribution in [3.63, 3.8) is 0 Å².